The van der Waals surface area contributed by atoms with E-state index in [1.54, 1.807) is 0 Å². The summed E-state index contributed by atoms with van der Waals surface area (Å²) in [7, 11) is -1.92. The topological polar surface area (TPSA) is 79.0 Å². The first-order valence-electron chi connectivity index (χ1n) is 6.74. The maximum atomic E-state index is 11.6. The van der Waals surface area contributed by atoms with Gasteiger partial charge in [0.25, 0.3) is 0 Å². The second kappa shape index (κ2) is 7.35. The van der Waals surface area contributed by atoms with Crippen molar-refractivity contribution in [2.45, 2.75) is 26.1 Å². The minimum atomic E-state index is -3.31. The molecule has 1 rings (SSSR count). The third kappa shape index (κ3) is 6.17. The summed E-state index contributed by atoms with van der Waals surface area (Å²) in [6.07, 6.45) is 1.48. The Labute approximate surface area is 121 Å². The Balaban J connectivity index is 2.25. The van der Waals surface area contributed by atoms with Crippen LogP contribution >= 0.6 is 0 Å². The van der Waals surface area contributed by atoms with Crippen molar-refractivity contribution in [3.8, 4) is 0 Å². The van der Waals surface area contributed by atoms with Crippen molar-refractivity contribution in [2.24, 2.45) is 0 Å². The zero-order valence-electron chi connectivity index (χ0n) is 12.6. The van der Waals surface area contributed by atoms with E-state index < -0.39 is 10.0 Å². The van der Waals surface area contributed by atoms with Gasteiger partial charge in [-0.15, -0.1) is 0 Å². The number of ether oxygens (including phenoxy) is 1. The summed E-state index contributed by atoms with van der Waals surface area (Å²) in [5.74, 6) is -0.285. The minimum absolute atomic E-state index is 0.144. The quantitative estimate of drug-likeness (QED) is 0.688. The van der Waals surface area contributed by atoms with E-state index in [-0.39, 0.29) is 24.7 Å². The highest BCUT2D eigenvalue weighted by molar-refractivity contribution is 7.88. The first-order valence-corrected chi connectivity index (χ1v) is 8.59. The lowest BCUT2D eigenvalue weighted by Gasteiger charge is -2.35. The number of nitrogens with one attached hydrogen (secondary N) is 1. The summed E-state index contributed by atoms with van der Waals surface area (Å²) in [4.78, 5) is 13.8. The summed E-state index contributed by atoms with van der Waals surface area (Å²) in [5.41, 5.74) is 0. The molecule has 0 aromatic carbocycles. The maximum Gasteiger partial charge on any atom is 0.235 e. The first-order chi connectivity index (χ1) is 9.18. The molecule has 1 N–H and O–H groups in total. The third-order valence-corrected chi connectivity index (χ3v) is 4.44. The molecule has 1 fully saturated rings. The number of morpholine rings is 1. The summed E-state index contributed by atoms with van der Waals surface area (Å²) in [6, 6.07) is 0. The molecule has 8 heteroatoms. The van der Waals surface area contributed by atoms with Crippen LogP contribution in [-0.2, 0) is 19.6 Å². The number of sulfonamides is 1. The highest BCUT2D eigenvalue weighted by atomic mass is 32.2. The van der Waals surface area contributed by atoms with Crippen LogP contribution in [0.15, 0.2) is 0 Å². The van der Waals surface area contributed by atoms with E-state index >= 15 is 0 Å². The van der Waals surface area contributed by atoms with Crippen molar-refractivity contribution in [3.63, 3.8) is 0 Å². The number of carbonyl (C=O) groups is 1. The van der Waals surface area contributed by atoms with Crippen LogP contribution in [0, 0.1) is 0 Å². The van der Waals surface area contributed by atoms with Gasteiger partial charge in [-0.25, -0.2) is 8.42 Å². The Morgan fingerprint density at radius 2 is 1.90 bits per heavy atom. The fourth-order valence-electron chi connectivity index (χ4n) is 2.20. The van der Waals surface area contributed by atoms with Crippen LogP contribution in [0.2, 0.25) is 0 Å². The molecule has 1 aliphatic rings. The molecule has 0 aromatic rings. The summed E-state index contributed by atoms with van der Waals surface area (Å²) in [5, 5.41) is 2.74. The van der Waals surface area contributed by atoms with Gasteiger partial charge in [0.2, 0.25) is 15.9 Å². The normalized spacial score (nSPS) is 24.9. The van der Waals surface area contributed by atoms with Gasteiger partial charge in [0.1, 0.15) is 0 Å². The zero-order valence-corrected chi connectivity index (χ0v) is 13.4. The first kappa shape index (κ1) is 17.4. The van der Waals surface area contributed by atoms with Gasteiger partial charge in [0.15, 0.2) is 0 Å². The Morgan fingerprint density at radius 1 is 1.35 bits per heavy atom. The molecule has 2 unspecified atom stereocenters. The lowest BCUT2D eigenvalue weighted by Crippen LogP contribution is -2.48. The SMILES string of the molecule is CC1CN(CCNC(=O)CN(C)S(C)(=O)=O)CC(C)O1. The molecular formula is C12H25N3O4S. The smallest absolute Gasteiger partial charge is 0.235 e. The van der Waals surface area contributed by atoms with E-state index in [1.807, 2.05) is 13.8 Å². The molecule has 1 aliphatic heterocycles. The van der Waals surface area contributed by atoms with Crippen LogP contribution in [0.4, 0.5) is 0 Å². The Bertz CT molecular complexity index is 416. The Morgan fingerprint density at radius 3 is 2.40 bits per heavy atom. The van der Waals surface area contributed by atoms with Gasteiger partial charge in [-0.05, 0) is 13.8 Å². The van der Waals surface area contributed by atoms with Gasteiger partial charge < -0.3 is 10.1 Å². The number of carbonyl (C=O) groups excluding carboxylic acids is 1. The average molecular weight is 307 g/mol. The van der Waals surface area contributed by atoms with Crippen LogP contribution < -0.4 is 5.32 Å². The van der Waals surface area contributed by atoms with Crippen LogP contribution in [0.3, 0.4) is 0 Å². The number of hydrogen-bond donors (Lipinski definition) is 1. The van der Waals surface area contributed by atoms with E-state index in [4.69, 9.17) is 4.74 Å². The molecule has 118 valence electrons. The highest BCUT2D eigenvalue weighted by Gasteiger charge is 2.22. The summed E-state index contributed by atoms with van der Waals surface area (Å²) in [6.45, 7) is 6.87. The number of likely N-dealkylation sites (N-methyl/N-ethyl adjacent to an activating group) is 1. The molecule has 0 saturated carbocycles. The second-order valence-electron chi connectivity index (χ2n) is 5.39. The molecule has 1 saturated heterocycles. The zero-order chi connectivity index (χ0) is 15.3. The van der Waals surface area contributed by atoms with E-state index in [0.717, 1.165) is 30.2 Å². The van der Waals surface area contributed by atoms with Crippen LogP contribution in [0.5, 0.6) is 0 Å². The highest BCUT2D eigenvalue weighted by Crippen LogP contribution is 2.09. The summed E-state index contributed by atoms with van der Waals surface area (Å²) < 4.78 is 29.0. The molecule has 1 amide bonds. The average Bonchev–Trinajstić information content (AvgIpc) is 2.26. The largest absolute Gasteiger partial charge is 0.373 e. The monoisotopic (exact) mass is 307 g/mol. The van der Waals surface area contributed by atoms with Crippen LogP contribution in [0.1, 0.15) is 13.8 Å². The molecule has 20 heavy (non-hydrogen) atoms. The number of hydrogen-bond acceptors (Lipinski definition) is 5. The second-order valence-corrected chi connectivity index (χ2v) is 7.48. The lowest BCUT2D eigenvalue weighted by atomic mass is 10.2. The molecule has 0 aromatic heterocycles. The van der Waals surface area contributed by atoms with Gasteiger partial charge in [0.05, 0.1) is 25.0 Å². The van der Waals surface area contributed by atoms with Gasteiger partial charge in [-0.2, -0.15) is 4.31 Å². The lowest BCUT2D eigenvalue weighted by molar-refractivity contribution is -0.121. The number of nitrogens with zero attached hydrogens (tertiary/aromatic N) is 2. The van der Waals surface area contributed by atoms with Gasteiger partial charge in [-0.1, -0.05) is 0 Å². The molecule has 0 bridgehead atoms. The molecule has 0 radical (unpaired) electrons. The van der Waals surface area contributed by atoms with Crippen molar-refractivity contribution in [1.82, 2.24) is 14.5 Å². The molecule has 2 atom stereocenters. The van der Waals surface area contributed by atoms with Crippen molar-refractivity contribution in [3.05, 3.63) is 0 Å². The molecular weight excluding hydrogens is 282 g/mol. The van der Waals surface area contributed by atoms with Gasteiger partial charge in [0, 0.05) is 33.2 Å². The van der Waals surface area contributed by atoms with Crippen molar-refractivity contribution in [1.29, 1.82) is 0 Å². The minimum Gasteiger partial charge on any atom is -0.373 e. The molecule has 1 heterocycles. The fourth-order valence-corrected chi connectivity index (χ4v) is 2.55. The fraction of sp³-hybridized carbons (Fsp3) is 0.917. The van der Waals surface area contributed by atoms with Crippen molar-refractivity contribution >= 4 is 15.9 Å². The van der Waals surface area contributed by atoms with Gasteiger partial charge in [-0.3, -0.25) is 9.69 Å². The predicted molar refractivity (Wildman–Crippen MR) is 76.9 cm³/mol. The predicted octanol–water partition coefficient (Wildman–Crippen LogP) is -0.897. The molecule has 0 aliphatic carbocycles. The molecule has 7 nitrogen and oxygen atoms in total. The molecule has 0 spiro atoms. The van der Waals surface area contributed by atoms with Crippen LogP contribution in [0.25, 0.3) is 0 Å². The number of amides is 1. The van der Waals surface area contributed by atoms with E-state index in [0.29, 0.717) is 6.54 Å². The standard InChI is InChI=1S/C12H25N3O4S/c1-10-7-15(8-11(2)19-10)6-5-13-12(16)9-14(3)20(4,17)18/h10-11H,5-9H2,1-4H3,(H,13,16). The van der Waals surface area contributed by atoms with E-state index in [1.165, 1.54) is 7.05 Å². The Hall–Kier alpha value is -0.700. The summed E-state index contributed by atoms with van der Waals surface area (Å²) >= 11 is 0. The van der Waals surface area contributed by atoms with E-state index in [2.05, 4.69) is 10.2 Å². The van der Waals surface area contributed by atoms with Crippen molar-refractivity contribution < 1.29 is 17.9 Å². The number of rotatable bonds is 6. The maximum absolute atomic E-state index is 11.6. The Kier molecular flexibility index (Phi) is 6.38. The van der Waals surface area contributed by atoms with Crippen molar-refractivity contribution in [2.75, 3.05) is 46.0 Å². The van der Waals surface area contributed by atoms with Crippen LogP contribution in [-0.4, -0.2) is 81.8 Å². The van der Waals surface area contributed by atoms with Gasteiger partial charge >= 0.3 is 0 Å². The van der Waals surface area contributed by atoms with E-state index in [9.17, 15) is 13.2 Å². The third-order valence-electron chi connectivity index (χ3n) is 3.18.